The third kappa shape index (κ3) is 3.71. The fourth-order valence-corrected chi connectivity index (χ4v) is 2.21. The van der Waals surface area contributed by atoms with Gasteiger partial charge in [0.2, 0.25) is 0 Å². The number of rotatable bonds is 5. The molecular weight excluding hydrogens is 288 g/mol. The predicted molar refractivity (Wildman–Crippen MR) is 85.4 cm³/mol. The van der Waals surface area contributed by atoms with E-state index in [2.05, 4.69) is 22.7 Å². The van der Waals surface area contributed by atoms with Crippen molar-refractivity contribution in [1.29, 1.82) is 0 Å². The van der Waals surface area contributed by atoms with E-state index in [1.54, 1.807) is 0 Å². The van der Waals surface area contributed by atoms with Gasteiger partial charge in [-0.1, -0.05) is 43.1 Å². The number of nitrogen functional groups attached to an aromatic ring is 1. The lowest BCUT2D eigenvalue weighted by Gasteiger charge is -2.11. The largest absolute Gasteiger partial charge is 0.322 e. The summed E-state index contributed by atoms with van der Waals surface area (Å²) >= 11 is 5.97. The standard InChI is InChI=1S/C15H17ClN4O/c1-2-5-10-6-3-4-7-13(10)19-15(21)11-8-12(16)14(20-17)18-9-11/h3-4,6-9H,2,5,17H2,1H3,(H,18,20)(H,19,21). The van der Waals surface area contributed by atoms with E-state index in [1.807, 2.05) is 24.3 Å². The predicted octanol–water partition coefficient (Wildman–Crippen LogP) is 3.23. The van der Waals surface area contributed by atoms with Crippen LogP contribution in [0.15, 0.2) is 36.5 Å². The summed E-state index contributed by atoms with van der Waals surface area (Å²) in [5.41, 5.74) is 4.65. The highest BCUT2D eigenvalue weighted by atomic mass is 35.5. The van der Waals surface area contributed by atoms with Crippen LogP contribution in [0.25, 0.3) is 0 Å². The first-order valence-electron chi connectivity index (χ1n) is 6.67. The number of hydrogen-bond donors (Lipinski definition) is 3. The molecule has 0 fully saturated rings. The van der Waals surface area contributed by atoms with Crippen LogP contribution in [-0.4, -0.2) is 10.9 Å². The van der Waals surface area contributed by atoms with Crippen LogP contribution in [0.4, 0.5) is 11.5 Å². The molecule has 4 N–H and O–H groups in total. The van der Waals surface area contributed by atoms with Crippen molar-refractivity contribution < 1.29 is 4.79 Å². The second kappa shape index (κ2) is 7.06. The number of carbonyl (C=O) groups excluding carboxylic acids is 1. The molecule has 0 aliphatic heterocycles. The molecule has 0 atom stereocenters. The third-order valence-electron chi connectivity index (χ3n) is 3.02. The molecule has 2 rings (SSSR count). The first kappa shape index (κ1) is 15.3. The molecule has 0 unspecified atom stereocenters. The summed E-state index contributed by atoms with van der Waals surface area (Å²) in [5, 5.41) is 3.19. The minimum absolute atomic E-state index is 0.253. The van der Waals surface area contributed by atoms with E-state index in [4.69, 9.17) is 17.4 Å². The number of pyridine rings is 1. The molecule has 1 aromatic heterocycles. The van der Waals surface area contributed by atoms with Crippen molar-refractivity contribution in [3.8, 4) is 0 Å². The number of nitrogens with two attached hydrogens (primary N) is 1. The molecule has 1 aromatic carbocycles. The Labute approximate surface area is 128 Å². The van der Waals surface area contributed by atoms with Crippen molar-refractivity contribution in [2.75, 3.05) is 10.7 Å². The molecule has 0 aliphatic carbocycles. The van der Waals surface area contributed by atoms with Gasteiger partial charge in [-0.2, -0.15) is 0 Å². The summed E-state index contributed by atoms with van der Waals surface area (Å²) in [4.78, 5) is 16.3. The molecule has 0 spiro atoms. The number of hydrazine groups is 1. The number of hydrogen-bond acceptors (Lipinski definition) is 4. The monoisotopic (exact) mass is 304 g/mol. The Hall–Kier alpha value is -2.11. The van der Waals surface area contributed by atoms with E-state index in [0.717, 1.165) is 24.1 Å². The van der Waals surface area contributed by atoms with Crippen LogP contribution in [0, 0.1) is 0 Å². The summed E-state index contributed by atoms with van der Waals surface area (Å²) in [6, 6.07) is 9.27. The maximum atomic E-state index is 12.3. The van der Waals surface area contributed by atoms with E-state index >= 15 is 0 Å². The van der Waals surface area contributed by atoms with Crippen LogP contribution in [0.1, 0.15) is 29.3 Å². The van der Waals surface area contributed by atoms with Crippen LogP contribution in [0.2, 0.25) is 5.02 Å². The van der Waals surface area contributed by atoms with Crippen molar-refractivity contribution >= 4 is 29.0 Å². The number of nitrogens with one attached hydrogen (secondary N) is 2. The minimum atomic E-state index is -0.253. The third-order valence-corrected chi connectivity index (χ3v) is 3.31. The number of para-hydroxylation sites is 1. The molecular formula is C15H17ClN4O. The smallest absolute Gasteiger partial charge is 0.257 e. The first-order valence-corrected chi connectivity index (χ1v) is 7.05. The van der Waals surface area contributed by atoms with Crippen molar-refractivity contribution in [3.63, 3.8) is 0 Å². The average Bonchev–Trinajstić information content (AvgIpc) is 2.49. The van der Waals surface area contributed by atoms with Gasteiger partial charge in [-0.3, -0.25) is 4.79 Å². The zero-order valence-corrected chi connectivity index (χ0v) is 12.4. The Kier molecular flexibility index (Phi) is 5.14. The Morgan fingerprint density at radius 2 is 2.14 bits per heavy atom. The highest BCUT2D eigenvalue weighted by Gasteiger charge is 2.11. The maximum absolute atomic E-state index is 12.3. The summed E-state index contributed by atoms with van der Waals surface area (Å²) in [5.74, 6) is 5.34. The number of carbonyl (C=O) groups is 1. The number of anilines is 2. The van der Waals surface area contributed by atoms with Gasteiger partial charge in [-0.15, -0.1) is 0 Å². The normalized spacial score (nSPS) is 10.2. The molecule has 2 aromatic rings. The van der Waals surface area contributed by atoms with E-state index in [1.165, 1.54) is 12.3 Å². The van der Waals surface area contributed by atoms with Gasteiger partial charge in [0, 0.05) is 11.9 Å². The maximum Gasteiger partial charge on any atom is 0.257 e. The molecule has 0 radical (unpaired) electrons. The summed E-state index contributed by atoms with van der Waals surface area (Å²) in [6.07, 6.45) is 3.35. The fourth-order valence-electron chi connectivity index (χ4n) is 1.99. The number of halogens is 1. The van der Waals surface area contributed by atoms with Crippen molar-refractivity contribution in [2.45, 2.75) is 19.8 Å². The summed E-state index contributed by atoms with van der Waals surface area (Å²) < 4.78 is 0. The molecule has 0 bridgehead atoms. The topological polar surface area (TPSA) is 80.0 Å². The van der Waals surface area contributed by atoms with Gasteiger partial charge in [0.15, 0.2) is 5.82 Å². The molecule has 0 saturated heterocycles. The molecule has 110 valence electrons. The number of amides is 1. The van der Waals surface area contributed by atoms with Crippen LogP contribution in [0.3, 0.4) is 0 Å². The number of benzene rings is 1. The number of aryl methyl sites for hydroxylation is 1. The molecule has 1 heterocycles. The van der Waals surface area contributed by atoms with Crippen LogP contribution in [-0.2, 0) is 6.42 Å². The number of aromatic nitrogens is 1. The van der Waals surface area contributed by atoms with E-state index in [-0.39, 0.29) is 5.91 Å². The van der Waals surface area contributed by atoms with Gasteiger partial charge in [0.25, 0.3) is 5.91 Å². The molecule has 21 heavy (non-hydrogen) atoms. The average molecular weight is 305 g/mol. The van der Waals surface area contributed by atoms with Crippen molar-refractivity contribution in [1.82, 2.24) is 4.98 Å². The van der Waals surface area contributed by atoms with E-state index < -0.39 is 0 Å². The lowest BCUT2D eigenvalue weighted by Crippen LogP contribution is -2.15. The minimum Gasteiger partial charge on any atom is -0.322 e. The van der Waals surface area contributed by atoms with Gasteiger partial charge in [0.1, 0.15) is 0 Å². The van der Waals surface area contributed by atoms with E-state index in [0.29, 0.717) is 16.4 Å². The van der Waals surface area contributed by atoms with Crippen LogP contribution < -0.4 is 16.6 Å². The second-order valence-corrected chi connectivity index (χ2v) is 4.97. The Morgan fingerprint density at radius 3 is 2.81 bits per heavy atom. The molecule has 5 nitrogen and oxygen atoms in total. The van der Waals surface area contributed by atoms with Crippen LogP contribution in [0.5, 0.6) is 0 Å². The molecule has 6 heteroatoms. The van der Waals surface area contributed by atoms with Crippen LogP contribution >= 0.6 is 11.6 Å². The van der Waals surface area contributed by atoms with Gasteiger partial charge in [-0.25, -0.2) is 10.8 Å². The number of nitrogens with zero attached hydrogens (tertiary/aromatic N) is 1. The van der Waals surface area contributed by atoms with Gasteiger partial charge in [0.05, 0.1) is 10.6 Å². The van der Waals surface area contributed by atoms with Gasteiger partial charge in [-0.05, 0) is 24.1 Å². The SMILES string of the molecule is CCCc1ccccc1NC(=O)c1cnc(NN)c(Cl)c1. The Balaban J connectivity index is 2.20. The second-order valence-electron chi connectivity index (χ2n) is 4.56. The quantitative estimate of drug-likeness (QED) is 0.585. The van der Waals surface area contributed by atoms with Crippen molar-refractivity contribution in [3.05, 3.63) is 52.7 Å². The fraction of sp³-hybridized carbons (Fsp3) is 0.200. The van der Waals surface area contributed by atoms with Gasteiger partial charge >= 0.3 is 0 Å². The lowest BCUT2D eigenvalue weighted by molar-refractivity contribution is 0.102. The Bertz CT molecular complexity index is 645. The zero-order chi connectivity index (χ0) is 15.2. The van der Waals surface area contributed by atoms with Gasteiger partial charge < -0.3 is 10.7 Å². The van der Waals surface area contributed by atoms with Crippen molar-refractivity contribution in [2.24, 2.45) is 5.84 Å². The summed E-state index contributed by atoms with van der Waals surface area (Å²) in [6.45, 7) is 2.10. The zero-order valence-electron chi connectivity index (χ0n) is 11.7. The Morgan fingerprint density at radius 1 is 1.38 bits per heavy atom. The highest BCUT2D eigenvalue weighted by Crippen LogP contribution is 2.21. The lowest BCUT2D eigenvalue weighted by atomic mass is 10.1. The highest BCUT2D eigenvalue weighted by molar-refractivity contribution is 6.33. The van der Waals surface area contributed by atoms with E-state index in [9.17, 15) is 4.79 Å². The molecule has 1 amide bonds. The first-order chi connectivity index (χ1) is 10.2. The summed E-state index contributed by atoms with van der Waals surface area (Å²) in [7, 11) is 0. The molecule has 0 aliphatic rings. The molecule has 0 saturated carbocycles.